The van der Waals surface area contributed by atoms with Gasteiger partial charge < -0.3 is 5.32 Å². The van der Waals surface area contributed by atoms with Crippen LogP contribution in [-0.4, -0.2) is 0 Å². The number of nitrogens with one attached hydrogen (secondary N) is 1. The van der Waals surface area contributed by atoms with Crippen molar-refractivity contribution >= 4 is 0 Å². The summed E-state index contributed by atoms with van der Waals surface area (Å²) in [4.78, 5) is 0. The Balaban J connectivity index is 2.07. The maximum Gasteiger partial charge on any atom is 0.0323 e. The van der Waals surface area contributed by atoms with E-state index in [1.807, 2.05) is 0 Å². The third-order valence-electron chi connectivity index (χ3n) is 3.36. The Morgan fingerprint density at radius 2 is 1.33 bits per heavy atom. The second-order valence-electron chi connectivity index (χ2n) is 4.67. The minimum atomic E-state index is 0.372. The SMILES string of the molecule is CC[C@H](N[C@@H](C)c1ccccc1)c1ccccc1. The van der Waals surface area contributed by atoms with Crippen LogP contribution in [-0.2, 0) is 0 Å². The molecule has 0 aromatic heterocycles. The van der Waals surface area contributed by atoms with E-state index in [2.05, 4.69) is 79.8 Å². The highest BCUT2D eigenvalue weighted by molar-refractivity contribution is 5.22. The molecule has 18 heavy (non-hydrogen) atoms. The molecular formula is C17H21N. The number of benzene rings is 2. The average Bonchev–Trinajstić information content (AvgIpc) is 2.46. The normalized spacial score (nSPS) is 14.1. The molecule has 0 bridgehead atoms. The largest absolute Gasteiger partial charge is 0.303 e. The number of hydrogen-bond acceptors (Lipinski definition) is 1. The van der Waals surface area contributed by atoms with Crippen LogP contribution < -0.4 is 5.32 Å². The van der Waals surface area contributed by atoms with Gasteiger partial charge in [0.05, 0.1) is 0 Å². The lowest BCUT2D eigenvalue weighted by molar-refractivity contribution is 0.456. The van der Waals surface area contributed by atoms with Crippen molar-refractivity contribution in [1.82, 2.24) is 5.32 Å². The third kappa shape index (κ3) is 3.21. The summed E-state index contributed by atoms with van der Waals surface area (Å²) in [6, 6.07) is 22.1. The molecule has 2 rings (SSSR count). The first kappa shape index (κ1) is 12.8. The molecule has 0 amide bonds. The number of rotatable bonds is 5. The van der Waals surface area contributed by atoms with Crippen LogP contribution >= 0.6 is 0 Å². The number of hydrogen-bond donors (Lipinski definition) is 1. The van der Waals surface area contributed by atoms with Gasteiger partial charge in [0.2, 0.25) is 0 Å². The van der Waals surface area contributed by atoms with Gasteiger partial charge in [-0.3, -0.25) is 0 Å². The van der Waals surface area contributed by atoms with Gasteiger partial charge in [-0.15, -0.1) is 0 Å². The molecule has 0 radical (unpaired) electrons. The lowest BCUT2D eigenvalue weighted by Crippen LogP contribution is -2.24. The molecule has 0 aliphatic carbocycles. The zero-order valence-electron chi connectivity index (χ0n) is 11.1. The molecule has 0 saturated heterocycles. The highest BCUT2D eigenvalue weighted by Crippen LogP contribution is 2.21. The molecule has 2 aromatic carbocycles. The van der Waals surface area contributed by atoms with Gasteiger partial charge in [-0.2, -0.15) is 0 Å². The first-order chi connectivity index (χ1) is 8.81. The fourth-order valence-electron chi connectivity index (χ4n) is 2.27. The van der Waals surface area contributed by atoms with Crippen molar-refractivity contribution in [2.45, 2.75) is 32.4 Å². The Labute approximate surface area is 110 Å². The van der Waals surface area contributed by atoms with E-state index >= 15 is 0 Å². The molecular weight excluding hydrogens is 218 g/mol. The lowest BCUT2D eigenvalue weighted by atomic mass is 10.0. The predicted molar refractivity (Wildman–Crippen MR) is 77.5 cm³/mol. The van der Waals surface area contributed by atoms with Gasteiger partial charge in [-0.25, -0.2) is 0 Å². The Morgan fingerprint density at radius 3 is 1.83 bits per heavy atom. The van der Waals surface area contributed by atoms with E-state index in [1.165, 1.54) is 11.1 Å². The molecule has 1 heteroatoms. The van der Waals surface area contributed by atoms with E-state index < -0.39 is 0 Å². The summed E-state index contributed by atoms with van der Waals surface area (Å²) in [5.41, 5.74) is 2.70. The highest BCUT2D eigenvalue weighted by Gasteiger charge is 2.12. The van der Waals surface area contributed by atoms with Gasteiger partial charge in [0.25, 0.3) is 0 Å². The molecule has 0 unspecified atom stereocenters. The molecule has 2 aromatic rings. The van der Waals surface area contributed by atoms with Crippen LogP contribution in [0.25, 0.3) is 0 Å². The Morgan fingerprint density at radius 1 is 0.833 bits per heavy atom. The van der Waals surface area contributed by atoms with Crippen molar-refractivity contribution in [3.8, 4) is 0 Å². The maximum absolute atomic E-state index is 3.70. The van der Waals surface area contributed by atoms with Crippen LogP contribution in [0, 0.1) is 0 Å². The lowest BCUT2D eigenvalue weighted by Gasteiger charge is -2.23. The molecule has 94 valence electrons. The van der Waals surface area contributed by atoms with Gasteiger partial charge in [-0.05, 0) is 24.5 Å². The second-order valence-corrected chi connectivity index (χ2v) is 4.67. The van der Waals surface area contributed by atoms with E-state index in [1.54, 1.807) is 0 Å². The summed E-state index contributed by atoms with van der Waals surface area (Å²) in [6.07, 6.45) is 1.10. The molecule has 0 heterocycles. The van der Waals surface area contributed by atoms with Crippen LogP contribution in [0.2, 0.25) is 0 Å². The summed E-state index contributed by atoms with van der Waals surface area (Å²) in [6.45, 7) is 4.45. The molecule has 0 fully saturated rings. The van der Waals surface area contributed by atoms with Crippen molar-refractivity contribution in [2.75, 3.05) is 0 Å². The summed E-state index contributed by atoms with van der Waals surface area (Å²) in [5, 5.41) is 3.70. The van der Waals surface area contributed by atoms with E-state index in [9.17, 15) is 0 Å². The Bertz CT molecular complexity index is 450. The standard InChI is InChI=1S/C17H21N/c1-3-17(16-12-8-5-9-13-16)18-14(2)15-10-6-4-7-11-15/h4-14,17-18H,3H2,1-2H3/t14-,17-/m0/s1. The first-order valence-corrected chi connectivity index (χ1v) is 6.67. The van der Waals surface area contributed by atoms with Crippen LogP contribution in [0.5, 0.6) is 0 Å². The highest BCUT2D eigenvalue weighted by atomic mass is 14.9. The van der Waals surface area contributed by atoms with Gasteiger partial charge >= 0.3 is 0 Å². The van der Waals surface area contributed by atoms with Crippen molar-refractivity contribution in [3.63, 3.8) is 0 Å². The summed E-state index contributed by atoms with van der Waals surface area (Å²) in [7, 11) is 0. The second kappa shape index (κ2) is 6.36. The van der Waals surface area contributed by atoms with E-state index in [0.29, 0.717) is 12.1 Å². The summed E-state index contributed by atoms with van der Waals surface area (Å²) >= 11 is 0. The first-order valence-electron chi connectivity index (χ1n) is 6.67. The third-order valence-corrected chi connectivity index (χ3v) is 3.36. The molecule has 0 aliphatic rings. The van der Waals surface area contributed by atoms with E-state index in [4.69, 9.17) is 0 Å². The van der Waals surface area contributed by atoms with Crippen molar-refractivity contribution in [3.05, 3.63) is 71.8 Å². The van der Waals surface area contributed by atoms with Crippen molar-refractivity contribution in [2.24, 2.45) is 0 Å². The predicted octanol–water partition coefficient (Wildman–Crippen LogP) is 4.49. The van der Waals surface area contributed by atoms with E-state index in [-0.39, 0.29) is 0 Å². The quantitative estimate of drug-likeness (QED) is 0.810. The van der Waals surface area contributed by atoms with Crippen LogP contribution in [0.4, 0.5) is 0 Å². The van der Waals surface area contributed by atoms with Gasteiger partial charge in [0.15, 0.2) is 0 Å². The smallest absolute Gasteiger partial charge is 0.0323 e. The molecule has 2 atom stereocenters. The molecule has 0 saturated carbocycles. The maximum atomic E-state index is 3.70. The van der Waals surface area contributed by atoms with Gasteiger partial charge in [-0.1, -0.05) is 67.6 Å². The topological polar surface area (TPSA) is 12.0 Å². The van der Waals surface area contributed by atoms with Crippen molar-refractivity contribution < 1.29 is 0 Å². The minimum absolute atomic E-state index is 0.372. The van der Waals surface area contributed by atoms with Crippen molar-refractivity contribution in [1.29, 1.82) is 0 Å². The zero-order chi connectivity index (χ0) is 12.8. The average molecular weight is 239 g/mol. The molecule has 0 spiro atoms. The zero-order valence-corrected chi connectivity index (χ0v) is 11.1. The monoisotopic (exact) mass is 239 g/mol. The van der Waals surface area contributed by atoms with E-state index in [0.717, 1.165) is 6.42 Å². The van der Waals surface area contributed by atoms with Crippen LogP contribution in [0.15, 0.2) is 60.7 Å². The van der Waals surface area contributed by atoms with Crippen LogP contribution in [0.1, 0.15) is 43.5 Å². The van der Waals surface area contributed by atoms with Gasteiger partial charge in [0, 0.05) is 12.1 Å². The fourth-order valence-corrected chi connectivity index (χ4v) is 2.27. The molecule has 1 nitrogen and oxygen atoms in total. The Kier molecular flexibility index (Phi) is 4.54. The van der Waals surface area contributed by atoms with Gasteiger partial charge in [0.1, 0.15) is 0 Å². The minimum Gasteiger partial charge on any atom is -0.303 e. The summed E-state index contributed by atoms with van der Waals surface area (Å²) < 4.78 is 0. The van der Waals surface area contributed by atoms with Crippen LogP contribution in [0.3, 0.4) is 0 Å². The molecule has 0 aliphatic heterocycles. The summed E-state index contributed by atoms with van der Waals surface area (Å²) in [5.74, 6) is 0. The Hall–Kier alpha value is -1.60. The molecule has 1 N–H and O–H groups in total. The fraction of sp³-hybridized carbons (Fsp3) is 0.294.